The van der Waals surface area contributed by atoms with E-state index in [1.807, 2.05) is 68.4 Å². The van der Waals surface area contributed by atoms with Gasteiger partial charge in [-0.1, -0.05) is 102 Å². The number of unbranched alkanes of at least 4 members (excludes halogenated alkanes) is 2. The molecular weight excluding hydrogens is 1440 g/mol. The molecule has 0 spiro atoms. The van der Waals surface area contributed by atoms with E-state index in [0.717, 1.165) is 45.4 Å². The van der Waals surface area contributed by atoms with Gasteiger partial charge in [0.15, 0.2) is 6.10 Å². The van der Waals surface area contributed by atoms with Crippen molar-refractivity contribution in [1.29, 1.82) is 0 Å². The third kappa shape index (κ3) is 24.0. The van der Waals surface area contributed by atoms with Crippen LogP contribution in [0.15, 0.2) is 91.0 Å². The van der Waals surface area contributed by atoms with Crippen LogP contribution >= 0.6 is 23.2 Å². The fourth-order valence-corrected chi connectivity index (χ4v) is 14.7. The Kier molecular flexibility index (Phi) is 34.4. The summed E-state index contributed by atoms with van der Waals surface area (Å²) in [6.45, 7) is 21.1. The molecule has 594 valence electrons. The highest BCUT2D eigenvalue weighted by Crippen LogP contribution is 2.49. The van der Waals surface area contributed by atoms with Crippen LogP contribution in [-0.4, -0.2) is 203 Å². The van der Waals surface area contributed by atoms with E-state index in [9.17, 15) is 33.6 Å². The minimum atomic E-state index is -1.11. The van der Waals surface area contributed by atoms with Crippen molar-refractivity contribution in [1.82, 2.24) is 5.32 Å². The van der Waals surface area contributed by atoms with Crippen molar-refractivity contribution in [3.63, 3.8) is 0 Å². The SMILES string of the molecule is CC[C@H]1O[C@@H](Oc2cc3c(c4ccccc24)[C@H](CCl)CN3C(=O)/C=C/c2ccc(/C=C/C(=O)N3C[C@@H](CCl)c4c3cc(O[C@@H]3O[C@H](COC(C)=O)[C@H](C)[C@H](C)[C@H]3OC(C)=O)c3ccccc43)cc2NC(=O)CCOCCOCCOCCOCCOCCOCCOCCNC(=O)CCCCC=O)[C@H](C)[C@@H](C)[C@H]1C. The lowest BCUT2D eigenvalue weighted by atomic mass is 9.78. The number of aldehydes is 1. The topological polar surface area (TPSA) is 270 Å². The Morgan fingerprint density at radius 2 is 1.03 bits per heavy atom. The highest BCUT2D eigenvalue weighted by atomic mass is 35.5. The molecule has 2 N–H and O–H groups in total. The van der Waals surface area contributed by atoms with Gasteiger partial charge in [0, 0.05) is 122 Å². The number of amides is 4. The van der Waals surface area contributed by atoms with Crippen LogP contribution in [0.1, 0.15) is 128 Å². The van der Waals surface area contributed by atoms with Crippen LogP contribution < -0.4 is 29.9 Å². The molecule has 0 aromatic heterocycles. The van der Waals surface area contributed by atoms with E-state index >= 15 is 0 Å². The third-order valence-electron chi connectivity index (χ3n) is 20.7. The summed E-state index contributed by atoms with van der Waals surface area (Å²) < 4.78 is 77.3. The molecule has 0 unspecified atom stereocenters. The fourth-order valence-electron chi connectivity index (χ4n) is 14.2. The van der Waals surface area contributed by atoms with E-state index in [1.165, 1.54) is 26.0 Å². The highest BCUT2D eigenvalue weighted by Gasteiger charge is 2.47. The van der Waals surface area contributed by atoms with Crippen molar-refractivity contribution < 1.29 is 95.1 Å². The number of hydrogen-bond donors (Lipinski definition) is 2. The first-order valence-corrected chi connectivity index (χ1v) is 39.3. The third-order valence-corrected chi connectivity index (χ3v) is 21.5. The molecule has 0 saturated carbocycles. The lowest BCUT2D eigenvalue weighted by molar-refractivity contribution is -0.253. The summed E-state index contributed by atoms with van der Waals surface area (Å²) in [4.78, 5) is 93.5. The van der Waals surface area contributed by atoms with Gasteiger partial charge in [-0.05, 0) is 88.3 Å². The summed E-state index contributed by atoms with van der Waals surface area (Å²) in [6, 6.07) is 24.7. The monoisotopic (exact) mass is 1550 g/mol. The van der Waals surface area contributed by atoms with Gasteiger partial charge in [-0.3, -0.25) is 28.8 Å². The van der Waals surface area contributed by atoms with Gasteiger partial charge in [-0.2, -0.15) is 0 Å². The maximum absolute atomic E-state index is 14.8. The minimum absolute atomic E-state index is 0.0132. The van der Waals surface area contributed by atoms with E-state index < -0.39 is 36.7 Å². The quantitative estimate of drug-likeness (QED) is 0.0121. The molecule has 26 heteroatoms. The molecule has 0 radical (unpaired) electrons. The molecule has 5 aromatic carbocycles. The lowest BCUT2D eigenvalue weighted by Gasteiger charge is -2.43. The van der Waals surface area contributed by atoms with Crippen LogP contribution in [0.5, 0.6) is 11.5 Å². The van der Waals surface area contributed by atoms with Gasteiger partial charge < -0.3 is 86.8 Å². The van der Waals surface area contributed by atoms with Gasteiger partial charge in [0.25, 0.3) is 11.8 Å². The van der Waals surface area contributed by atoms with Gasteiger partial charge in [0.05, 0.1) is 122 Å². The average molecular weight is 1550 g/mol. The Hall–Kier alpha value is -7.59. The molecule has 0 bridgehead atoms. The number of ether oxygens (including phenoxy) is 13. The van der Waals surface area contributed by atoms with E-state index in [2.05, 4.69) is 38.3 Å². The van der Waals surface area contributed by atoms with Gasteiger partial charge in [-0.25, -0.2) is 0 Å². The maximum atomic E-state index is 14.8. The molecule has 5 aromatic rings. The van der Waals surface area contributed by atoms with Gasteiger partial charge in [0.2, 0.25) is 24.4 Å². The van der Waals surface area contributed by atoms with Gasteiger partial charge >= 0.3 is 11.9 Å². The zero-order valence-electron chi connectivity index (χ0n) is 64.0. The van der Waals surface area contributed by atoms with Crippen molar-refractivity contribution >= 4 is 116 Å². The number of benzene rings is 5. The summed E-state index contributed by atoms with van der Waals surface area (Å²) in [5.41, 5.74) is 4.53. The molecule has 4 heterocycles. The molecule has 9 rings (SSSR count). The molecule has 12 atom stereocenters. The molecule has 109 heavy (non-hydrogen) atoms. The molecule has 24 nitrogen and oxygen atoms in total. The van der Waals surface area contributed by atoms with Crippen molar-refractivity contribution in [2.24, 2.45) is 29.6 Å². The summed E-state index contributed by atoms with van der Waals surface area (Å²) in [5.74, 6) is -0.692. The Labute approximate surface area is 649 Å². The molecule has 0 aliphatic carbocycles. The van der Waals surface area contributed by atoms with Crippen molar-refractivity contribution in [3.05, 3.63) is 113 Å². The number of hydrogen-bond acceptors (Lipinski definition) is 20. The number of rotatable bonds is 44. The first-order valence-electron chi connectivity index (χ1n) is 38.2. The summed E-state index contributed by atoms with van der Waals surface area (Å²) in [6.07, 6.45) is 7.24. The van der Waals surface area contributed by atoms with Gasteiger partial charge in [0.1, 0.15) is 24.4 Å². The smallest absolute Gasteiger partial charge is 0.303 e. The molecule has 4 aliphatic rings. The zero-order valence-corrected chi connectivity index (χ0v) is 65.5. The number of carbonyl (C=O) groups is 7. The highest BCUT2D eigenvalue weighted by molar-refractivity contribution is 6.20. The fraction of sp³-hybridized carbons (Fsp3) is 0.554. The lowest BCUT2D eigenvalue weighted by Crippen LogP contribution is -2.54. The molecular formula is C83H108Cl2N4O20. The van der Waals surface area contributed by atoms with E-state index in [1.54, 1.807) is 46.2 Å². The van der Waals surface area contributed by atoms with Crippen LogP contribution in [0.4, 0.5) is 17.1 Å². The molecule has 4 aliphatic heterocycles. The molecule has 4 amide bonds. The standard InChI is InChI=1S/C83H108Cl2N4O20/c1-9-71-54(3)53(2)57(6)82(106-71)107-72-46-69-79(66-19-14-12-17-64(66)72)63(49-85)51-89(69)78(96)27-25-61-24-22-60(45-68(61)87-76(94)28-31-97-33-35-99-37-39-101-41-43-103-44-42-102-40-38-100-36-34-98-32-29-86-75(93)21-11-10-16-30-90)23-26-77(95)88-50-62(48-84)80-67-20-15-13-18-65(67)73(47-70(80)88)108-83-81(105-59(8)92)56(5)55(4)74(109-83)52-104-58(7)91/h12-15,17-20,22-27,30,45-47,53-57,62-63,71,74,81-83H,9-11,16,21,28-29,31-44,48-52H2,1-8H3,(H,86,93)(H,87,94)/b26-23+,27-25+/t53-,54+,55+,56-,57+,62+,63+,71+,74+,81+,82-,83+/m0/s1. The minimum Gasteiger partial charge on any atom is -0.464 e. The van der Waals surface area contributed by atoms with Crippen molar-refractivity contribution in [2.75, 3.05) is 146 Å². The van der Waals surface area contributed by atoms with Crippen molar-refractivity contribution in [3.8, 4) is 11.5 Å². The zero-order chi connectivity index (χ0) is 77.8. The Morgan fingerprint density at radius 1 is 0.532 bits per heavy atom. The Morgan fingerprint density at radius 3 is 1.54 bits per heavy atom. The number of halogens is 2. The predicted octanol–water partition coefficient (Wildman–Crippen LogP) is 12.4. The summed E-state index contributed by atoms with van der Waals surface area (Å²) >= 11 is 13.5. The molecule has 2 saturated heterocycles. The number of anilines is 3. The number of carbonyl (C=O) groups excluding carboxylic acids is 7. The van der Waals surface area contributed by atoms with Gasteiger partial charge in [-0.15, -0.1) is 23.2 Å². The van der Waals surface area contributed by atoms with Crippen LogP contribution in [0, 0.1) is 29.6 Å². The number of esters is 2. The molecule has 2 fully saturated rings. The van der Waals surface area contributed by atoms with Crippen LogP contribution in [0.2, 0.25) is 0 Å². The first kappa shape index (κ1) is 85.4. The second kappa shape index (κ2) is 43.9. The number of nitrogens with one attached hydrogen (secondary N) is 2. The first-order chi connectivity index (χ1) is 52.8. The van der Waals surface area contributed by atoms with Crippen LogP contribution in [0.25, 0.3) is 33.7 Å². The van der Waals surface area contributed by atoms with E-state index in [4.69, 9.17) is 84.8 Å². The Bertz CT molecular complexity index is 3890. The normalized spacial score (nSPS) is 22.4. The summed E-state index contributed by atoms with van der Waals surface area (Å²) in [5, 5.41) is 9.22. The average Bonchev–Trinajstić information content (AvgIpc) is 1.62. The number of alkyl halides is 2. The predicted molar refractivity (Wildman–Crippen MR) is 417 cm³/mol. The second-order valence-electron chi connectivity index (χ2n) is 28.1. The van der Waals surface area contributed by atoms with Crippen LogP contribution in [-0.2, 0) is 85.7 Å². The van der Waals surface area contributed by atoms with E-state index in [0.29, 0.717) is 163 Å². The van der Waals surface area contributed by atoms with Crippen LogP contribution in [0.3, 0.4) is 0 Å². The largest absolute Gasteiger partial charge is 0.464 e. The second-order valence-corrected chi connectivity index (χ2v) is 28.7. The number of nitrogens with zero attached hydrogens (tertiary/aromatic N) is 2. The summed E-state index contributed by atoms with van der Waals surface area (Å²) in [7, 11) is 0. The number of fused-ring (bicyclic) bond motifs is 6. The Balaban J connectivity index is 0.822. The van der Waals surface area contributed by atoms with Crippen molar-refractivity contribution in [2.45, 2.75) is 137 Å². The van der Waals surface area contributed by atoms with E-state index in [-0.39, 0.29) is 110 Å². The maximum Gasteiger partial charge on any atom is 0.303 e.